The molecule has 17 nitrogen and oxygen atoms in total. The molecule has 10 aliphatic rings. The Labute approximate surface area is 514 Å². The lowest BCUT2D eigenvalue weighted by Gasteiger charge is -2.40. The van der Waals surface area contributed by atoms with E-state index in [1.54, 1.807) is 12.4 Å². The van der Waals surface area contributed by atoms with Gasteiger partial charge in [0.2, 0.25) is 0 Å². The van der Waals surface area contributed by atoms with Crippen molar-refractivity contribution >= 4 is 17.1 Å². The topological polar surface area (TPSA) is 205 Å². The van der Waals surface area contributed by atoms with Gasteiger partial charge in [-0.25, -0.2) is 0 Å². The Morgan fingerprint density at radius 3 is 1.17 bits per heavy atom. The summed E-state index contributed by atoms with van der Waals surface area (Å²) in [5.74, 6) is 1.44. The number of ether oxygens (including phenoxy) is 8. The molecule has 4 spiro atoms. The van der Waals surface area contributed by atoms with Gasteiger partial charge in [-0.05, 0) is 189 Å². The van der Waals surface area contributed by atoms with Crippen molar-refractivity contribution in [3.05, 3.63) is 157 Å². The van der Waals surface area contributed by atoms with Gasteiger partial charge in [0, 0.05) is 145 Å². The molecule has 0 atom stereocenters. The number of carbonyl (C=O) groups excluding carboxylic acids is 2. The highest BCUT2D eigenvalue weighted by Gasteiger charge is 2.47. The highest BCUT2D eigenvalue weighted by molar-refractivity contribution is 5.79. The Morgan fingerprint density at radius 2 is 0.747 bits per heavy atom. The number of pyridine rings is 5. The number of nitrogens with zero attached hydrogens (tertiary/aromatic N) is 5. The second-order valence-electron chi connectivity index (χ2n) is 24.7. The number of aromatic nitrogens is 5. The Morgan fingerprint density at radius 1 is 0.391 bits per heavy atom. The third-order valence-corrected chi connectivity index (χ3v) is 19.3. The molecule has 6 aliphatic carbocycles. The molecule has 5 saturated carbocycles. The number of allylic oxidation sites excluding steroid dienone is 1. The van der Waals surface area contributed by atoms with Gasteiger partial charge < -0.3 is 48.3 Å². The minimum atomic E-state index is -0.747. The van der Waals surface area contributed by atoms with E-state index in [4.69, 9.17) is 37.9 Å². The first-order valence-electron chi connectivity index (χ1n) is 32.3. The van der Waals surface area contributed by atoms with Gasteiger partial charge in [-0.15, -0.1) is 0 Å². The largest absolute Gasteiger partial charge is 0.385 e. The van der Waals surface area contributed by atoms with E-state index in [-0.39, 0.29) is 17.4 Å². The van der Waals surface area contributed by atoms with Crippen molar-refractivity contribution in [2.75, 3.05) is 59.9 Å². The zero-order valence-electron chi connectivity index (χ0n) is 51.1. The normalized spacial score (nSPS) is 25.6. The summed E-state index contributed by atoms with van der Waals surface area (Å²) in [4.78, 5) is 42.0. The van der Waals surface area contributed by atoms with Crippen LogP contribution in [0.15, 0.2) is 129 Å². The first-order valence-corrected chi connectivity index (χ1v) is 32.3. The Balaban J connectivity index is 0.000000116. The fourth-order valence-corrected chi connectivity index (χ4v) is 13.9. The third-order valence-electron chi connectivity index (χ3n) is 19.3. The van der Waals surface area contributed by atoms with Gasteiger partial charge in [0.1, 0.15) is 11.6 Å². The zero-order valence-corrected chi connectivity index (χ0v) is 51.1. The maximum Gasteiger partial charge on any atom is 0.172 e. The maximum atomic E-state index is 11.0. The minimum absolute atomic E-state index is 0.233. The van der Waals surface area contributed by atoms with Crippen LogP contribution in [0.2, 0.25) is 0 Å². The average Bonchev–Trinajstić information content (AvgIpc) is 4.03. The van der Waals surface area contributed by atoms with Crippen LogP contribution in [0.1, 0.15) is 193 Å². The zero-order chi connectivity index (χ0) is 60.1. The van der Waals surface area contributed by atoms with E-state index in [1.807, 2.05) is 61.7 Å². The van der Waals surface area contributed by atoms with Gasteiger partial charge in [0.05, 0.1) is 58.5 Å². The lowest BCUT2D eigenvalue weighted by molar-refractivity contribution is -0.204. The van der Waals surface area contributed by atoms with Crippen LogP contribution >= 0.6 is 0 Å². The van der Waals surface area contributed by atoms with E-state index >= 15 is 0 Å². The summed E-state index contributed by atoms with van der Waals surface area (Å²) in [6.07, 6.45) is 42.2. The first kappa shape index (κ1) is 64.4. The Bertz CT molecular complexity index is 2820. The standard InChI is InChI=1S/C13H17NO3.C13H17NO2.C13H15NO2.C12H18N2.C11H13NO.C8H12O3/c15-12(11-1-7-14-8-2-11)3-5-13(6-4-12)16-9-10-17-13;2*1-5-13(15-9-10-16-13)6-2-11(1)12-3-7-14-8-4-12;1-13-12-4-2-10(3-5-12)11-6-8-14-9-7-11;13-11-3-1-9(2-4-11)10-5-7-12-8-6-10;9-7-1-3-8(4-2-7)10-5-6-11-8/h1-2,7-8,15H,3-6,9-10H2;3-4,7-8,11H,1-2,5-6,9-10H2;1,3-4,7-8H,2,5-6,9-10H2;6-10,12-13H,2-5H2,1H3;5-9H,1-4H2;1-6H2. The van der Waals surface area contributed by atoms with E-state index in [1.165, 1.54) is 53.5 Å². The summed E-state index contributed by atoms with van der Waals surface area (Å²) < 4.78 is 45.1. The van der Waals surface area contributed by atoms with Gasteiger partial charge in [0.15, 0.2) is 23.1 Å². The second-order valence-corrected chi connectivity index (χ2v) is 24.7. The number of Topliss-reactive ketones (excluding diaryl/α,β-unsaturated/α-hetero) is 2. The Hall–Kier alpha value is -5.57. The number of hydrogen-bond acceptors (Lipinski definition) is 17. The number of hydrogen-bond donors (Lipinski definition) is 2. The molecule has 15 rings (SSSR count). The molecule has 0 aromatic carbocycles. The van der Waals surface area contributed by atoms with Crippen LogP contribution in [0.4, 0.5) is 0 Å². The molecule has 87 heavy (non-hydrogen) atoms. The molecular weight excluding hydrogens is 1100 g/mol. The van der Waals surface area contributed by atoms with Crippen LogP contribution in [-0.2, 0) is 53.1 Å². The second kappa shape index (κ2) is 31.7. The molecule has 4 saturated heterocycles. The van der Waals surface area contributed by atoms with Crippen molar-refractivity contribution in [2.24, 2.45) is 0 Å². The fourth-order valence-electron chi connectivity index (χ4n) is 13.9. The molecule has 2 N–H and O–H groups in total. The molecule has 468 valence electrons. The number of nitrogens with one attached hydrogen (secondary N) is 1. The molecule has 4 aliphatic heterocycles. The first-order chi connectivity index (χ1) is 42.6. The van der Waals surface area contributed by atoms with E-state index in [9.17, 15) is 14.7 Å². The minimum Gasteiger partial charge on any atom is -0.385 e. The van der Waals surface area contributed by atoms with Crippen LogP contribution in [0.5, 0.6) is 0 Å². The summed E-state index contributed by atoms with van der Waals surface area (Å²) in [6.45, 7) is 5.72. The van der Waals surface area contributed by atoms with Gasteiger partial charge >= 0.3 is 0 Å². The van der Waals surface area contributed by atoms with Crippen molar-refractivity contribution in [1.29, 1.82) is 0 Å². The van der Waals surface area contributed by atoms with Crippen LogP contribution in [0.25, 0.3) is 5.57 Å². The fraction of sp³-hybridized carbons (Fsp3) is 0.586. The molecule has 0 amide bonds. The van der Waals surface area contributed by atoms with Gasteiger partial charge in [-0.1, -0.05) is 6.08 Å². The highest BCUT2D eigenvalue weighted by Crippen LogP contribution is 2.46. The number of rotatable bonds is 6. The van der Waals surface area contributed by atoms with Crippen molar-refractivity contribution in [2.45, 2.75) is 200 Å². The van der Waals surface area contributed by atoms with Crippen molar-refractivity contribution < 1.29 is 52.6 Å². The third kappa shape index (κ3) is 18.3. The molecule has 0 radical (unpaired) electrons. The van der Waals surface area contributed by atoms with Crippen LogP contribution in [0, 0.1) is 0 Å². The van der Waals surface area contributed by atoms with Gasteiger partial charge in [0.25, 0.3) is 0 Å². The van der Waals surface area contributed by atoms with E-state index in [0.29, 0.717) is 75.5 Å². The summed E-state index contributed by atoms with van der Waals surface area (Å²) in [5.41, 5.74) is 7.05. The van der Waals surface area contributed by atoms with Crippen molar-refractivity contribution in [3.63, 3.8) is 0 Å². The SMILES string of the molecule is C1=C(c2ccncc2)CCC2(C1)OCCO2.CNC1CCC(c2ccncc2)CC1.O=C1CCC(c2ccncc2)CC1.O=C1CCC2(CC1)OCCO2.OC1(c2ccncc2)CCC2(CC1)OCCO2.c1cc(C2CCC3(CC2)OCCO3)ccn1. The molecule has 5 aromatic rings. The predicted molar refractivity (Wildman–Crippen MR) is 329 cm³/mol. The molecule has 5 aromatic heterocycles. The predicted octanol–water partition coefficient (Wildman–Crippen LogP) is 12.0. The monoisotopic (exact) mass is 1190 g/mol. The molecule has 17 heteroatoms. The summed E-state index contributed by atoms with van der Waals surface area (Å²) in [5, 5.41) is 14.0. The van der Waals surface area contributed by atoms with Crippen LogP contribution in [-0.4, -0.2) is 131 Å². The summed E-state index contributed by atoms with van der Waals surface area (Å²) >= 11 is 0. The number of carbonyl (C=O) groups is 2. The summed E-state index contributed by atoms with van der Waals surface area (Å²) in [7, 11) is 2.07. The van der Waals surface area contributed by atoms with Crippen LogP contribution < -0.4 is 5.32 Å². The number of aliphatic hydroxyl groups is 1. The molecule has 0 bridgehead atoms. The average molecular weight is 1190 g/mol. The van der Waals surface area contributed by atoms with Gasteiger partial charge in [-0.2, -0.15) is 0 Å². The van der Waals surface area contributed by atoms with Crippen LogP contribution in [0.3, 0.4) is 0 Å². The molecule has 9 heterocycles. The van der Waals surface area contributed by atoms with E-state index < -0.39 is 11.4 Å². The van der Waals surface area contributed by atoms with Crippen molar-refractivity contribution in [3.8, 4) is 0 Å². The Kier molecular flexibility index (Phi) is 23.5. The molecular formula is C70H92N6O11. The maximum absolute atomic E-state index is 11.0. The smallest absolute Gasteiger partial charge is 0.172 e. The van der Waals surface area contributed by atoms with Crippen molar-refractivity contribution in [1.82, 2.24) is 30.2 Å². The molecule has 0 unspecified atom stereocenters. The number of ketones is 2. The van der Waals surface area contributed by atoms with E-state index in [2.05, 4.69) is 91.9 Å². The lowest BCUT2D eigenvalue weighted by Crippen LogP contribution is -2.42. The summed E-state index contributed by atoms with van der Waals surface area (Å²) in [6, 6.07) is 21.3. The quantitative estimate of drug-likeness (QED) is 0.162. The lowest BCUT2D eigenvalue weighted by atomic mass is 9.77. The molecule has 9 fully saturated rings. The van der Waals surface area contributed by atoms with E-state index in [0.717, 1.165) is 140 Å². The highest BCUT2D eigenvalue weighted by atomic mass is 16.8. The van der Waals surface area contributed by atoms with Gasteiger partial charge in [-0.3, -0.25) is 34.5 Å².